The smallest absolute Gasteiger partial charge is 0.225 e. The lowest BCUT2D eigenvalue weighted by Crippen LogP contribution is -2.38. The number of fused-ring (bicyclic) bond motifs is 1. The Labute approximate surface area is 168 Å². The van der Waals surface area contributed by atoms with Crippen LogP contribution in [0.25, 0.3) is 0 Å². The predicted octanol–water partition coefficient (Wildman–Crippen LogP) is 3.72. The highest BCUT2D eigenvalue weighted by Gasteiger charge is 2.24. The summed E-state index contributed by atoms with van der Waals surface area (Å²) in [6.45, 7) is 8.91. The number of hydrogen-bond acceptors (Lipinski definition) is 2. The molecule has 0 bridgehead atoms. The van der Waals surface area contributed by atoms with Gasteiger partial charge in [0.2, 0.25) is 5.91 Å². The van der Waals surface area contributed by atoms with Crippen molar-refractivity contribution in [3.63, 3.8) is 0 Å². The molecule has 5 nitrogen and oxygen atoms in total. The van der Waals surface area contributed by atoms with Crippen molar-refractivity contribution in [3.05, 3.63) is 29.8 Å². The molecule has 1 heterocycles. The standard InChI is InChI=1S/C19H30N4O.HI/c1-4-20-19(21-11-7-8-14(2)3)22-13-15-12-18(24)23-17-10-6-5-9-16(15)17;/h5-6,9-10,14-15H,4,7-8,11-13H2,1-3H3,(H,23,24)(H2,20,21,22);1H. The number of nitrogens with zero attached hydrogens (tertiary/aromatic N) is 1. The molecule has 140 valence electrons. The van der Waals surface area contributed by atoms with Crippen LogP contribution in [0.1, 0.15) is 51.5 Å². The summed E-state index contributed by atoms with van der Waals surface area (Å²) in [5, 5.41) is 9.61. The number of aliphatic imine (C=N–C) groups is 1. The summed E-state index contributed by atoms with van der Waals surface area (Å²) in [6.07, 6.45) is 2.84. The largest absolute Gasteiger partial charge is 0.357 e. The number of hydrogen-bond donors (Lipinski definition) is 3. The molecular formula is C19H31IN4O. The third-order valence-electron chi connectivity index (χ3n) is 4.17. The fraction of sp³-hybridized carbons (Fsp3) is 0.579. The molecule has 0 aliphatic carbocycles. The molecule has 0 saturated carbocycles. The summed E-state index contributed by atoms with van der Waals surface area (Å²) in [6, 6.07) is 8.00. The fourth-order valence-corrected chi connectivity index (χ4v) is 2.93. The summed E-state index contributed by atoms with van der Waals surface area (Å²) in [7, 11) is 0. The van der Waals surface area contributed by atoms with Gasteiger partial charge in [0, 0.05) is 31.1 Å². The van der Waals surface area contributed by atoms with Gasteiger partial charge in [0.25, 0.3) is 0 Å². The molecule has 0 radical (unpaired) electrons. The van der Waals surface area contributed by atoms with Crippen molar-refractivity contribution in [1.82, 2.24) is 10.6 Å². The third kappa shape index (κ3) is 7.22. The lowest BCUT2D eigenvalue weighted by atomic mass is 9.91. The maximum absolute atomic E-state index is 11.9. The normalized spacial score (nSPS) is 16.7. The molecule has 25 heavy (non-hydrogen) atoms. The maximum atomic E-state index is 11.9. The Kier molecular flexibility index (Phi) is 9.85. The number of anilines is 1. The summed E-state index contributed by atoms with van der Waals surface area (Å²) >= 11 is 0. The lowest BCUT2D eigenvalue weighted by Gasteiger charge is -2.24. The van der Waals surface area contributed by atoms with Crippen LogP contribution in [0, 0.1) is 5.92 Å². The van der Waals surface area contributed by atoms with Crippen molar-refractivity contribution in [2.75, 3.05) is 25.0 Å². The van der Waals surface area contributed by atoms with Crippen molar-refractivity contribution in [1.29, 1.82) is 0 Å². The van der Waals surface area contributed by atoms with E-state index in [-0.39, 0.29) is 35.8 Å². The molecule has 1 aliphatic heterocycles. The molecule has 1 aliphatic rings. The molecule has 1 unspecified atom stereocenters. The molecule has 1 aromatic rings. The molecule has 0 saturated heterocycles. The van der Waals surface area contributed by atoms with Gasteiger partial charge in [0.05, 0.1) is 6.54 Å². The average molecular weight is 458 g/mol. The van der Waals surface area contributed by atoms with Crippen LogP contribution >= 0.6 is 24.0 Å². The Morgan fingerprint density at radius 2 is 2.08 bits per heavy atom. The van der Waals surface area contributed by atoms with E-state index in [2.05, 4.69) is 42.8 Å². The number of halogens is 1. The van der Waals surface area contributed by atoms with Gasteiger partial charge in [-0.1, -0.05) is 32.0 Å². The van der Waals surface area contributed by atoms with Gasteiger partial charge in [0.1, 0.15) is 0 Å². The second-order valence-electron chi connectivity index (χ2n) is 6.72. The molecule has 2 rings (SSSR count). The Morgan fingerprint density at radius 3 is 2.80 bits per heavy atom. The minimum absolute atomic E-state index is 0. The number of carbonyl (C=O) groups excluding carboxylic acids is 1. The van der Waals surface area contributed by atoms with Gasteiger partial charge >= 0.3 is 0 Å². The van der Waals surface area contributed by atoms with Gasteiger partial charge in [-0.2, -0.15) is 0 Å². The third-order valence-corrected chi connectivity index (χ3v) is 4.17. The molecule has 0 aromatic heterocycles. The van der Waals surface area contributed by atoms with Crippen molar-refractivity contribution in [2.24, 2.45) is 10.9 Å². The number of carbonyl (C=O) groups is 1. The summed E-state index contributed by atoms with van der Waals surface area (Å²) < 4.78 is 0. The van der Waals surface area contributed by atoms with Crippen LogP contribution in [0.5, 0.6) is 0 Å². The molecule has 1 aromatic carbocycles. The topological polar surface area (TPSA) is 65.5 Å². The van der Waals surface area contributed by atoms with E-state index in [1.807, 2.05) is 18.2 Å². The van der Waals surface area contributed by atoms with E-state index < -0.39 is 0 Å². The number of amides is 1. The number of guanidine groups is 1. The first kappa shape index (κ1) is 21.7. The minimum Gasteiger partial charge on any atom is -0.357 e. The van der Waals surface area contributed by atoms with E-state index in [1.165, 1.54) is 12.0 Å². The highest BCUT2D eigenvalue weighted by Crippen LogP contribution is 2.31. The van der Waals surface area contributed by atoms with E-state index in [0.29, 0.717) is 13.0 Å². The second kappa shape index (κ2) is 11.3. The Balaban J connectivity index is 0.00000312. The first-order valence-corrected chi connectivity index (χ1v) is 9.01. The zero-order valence-corrected chi connectivity index (χ0v) is 17.8. The highest BCUT2D eigenvalue weighted by molar-refractivity contribution is 14.0. The van der Waals surface area contributed by atoms with Gasteiger partial charge in [-0.3, -0.25) is 9.79 Å². The molecule has 6 heteroatoms. The van der Waals surface area contributed by atoms with Crippen molar-refractivity contribution in [3.8, 4) is 0 Å². The van der Waals surface area contributed by atoms with E-state index >= 15 is 0 Å². The second-order valence-corrected chi connectivity index (χ2v) is 6.72. The van der Waals surface area contributed by atoms with Crippen LogP contribution in [0.15, 0.2) is 29.3 Å². The highest BCUT2D eigenvalue weighted by atomic mass is 127. The molecule has 1 amide bonds. The maximum Gasteiger partial charge on any atom is 0.225 e. The summed E-state index contributed by atoms with van der Waals surface area (Å²) in [5.74, 6) is 1.78. The summed E-state index contributed by atoms with van der Waals surface area (Å²) in [4.78, 5) is 16.6. The Bertz CT molecular complexity index is 574. The molecule has 0 spiro atoms. The SMILES string of the molecule is CCNC(=NCC1CC(=O)Nc2ccccc21)NCCCC(C)C.I. The molecule has 0 fully saturated rings. The first-order chi connectivity index (χ1) is 11.6. The van der Waals surface area contributed by atoms with Crippen molar-refractivity contribution < 1.29 is 4.79 Å². The van der Waals surface area contributed by atoms with Crippen molar-refractivity contribution >= 4 is 41.5 Å². The fourth-order valence-electron chi connectivity index (χ4n) is 2.93. The zero-order chi connectivity index (χ0) is 17.4. The quantitative estimate of drug-likeness (QED) is 0.253. The number of nitrogens with one attached hydrogen (secondary N) is 3. The zero-order valence-electron chi connectivity index (χ0n) is 15.5. The van der Waals surface area contributed by atoms with Crippen molar-refractivity contribution in [2.45, 2.75) is 46.0 Å². The molecule has 1 atom stereocenters. The monoisotopic (exact) mass is 458 g/mol. The van der Waals surface area contributed by atoms with Crippen LogP contribution in [-0.4, -0.2) is 31.5 Å². The predicted molar refractivity (Wildman–Crippen MR) is 116 cm³/mol. The number of rotatable bonds is 7. The van der Waals surface area contributed by atoms with Gasteiger partial charge in [-0.15, -0.1) is 24.0 Å². The van der Waals surface area contributed by atoms with E-state index in [4.69, 9.17) is 4.99 Å². The van der Waals surface area contributed by atoms with E-state index in [9.17, 15) is 4.79 Å². The van der Waals surface area contributed by atoms with Crippen LogP contribution in [-0.2, 0) is 4.79 Å². The van der Waals surface area contributed by atoms with Crippen LogP contribution in [0.2, 0.25) is 0 Å². The van der Waals surface area contributed by atoms with Crippen LogP contribution in [0.4, 0.5) is 5.69 Å². The van der Waals surface area contributed by atoms with E-state index in [0.717, 1.165) is 37.1 Å². The van der Waals surface area contributed by atoms with Crippen LogP contribution < -0.4 is 16.0 Å². The van der Waals surface area contributed by atoms with Gasteiger partial charge < -0.3 is 16.0 Å². The first-order valence-electron chi connectivity index (χ1n) is 9.01. The van der Waals surface area contributed by atoms with Gasteiger partial charge in [-0.05, 0) is 37.3 Å². The Morgan fingerprint density at radius 1 is 1.32 bits per heavy atom. The van der Waals surface area contributed by atoms with E-state index in [1.54, 1.807) is 0 Å². The van der Waals surface area contributed by atoms with Gasteiger partial charge in [-0.25, -0.2) is 0 Å². The molecule has 3 N–H and O–H groups in total. The Hall–Kier alpha value is -1.31. The van der Waals surface area contributed by atoms with Crippen LogP contribution in [0.3, 0.4) is 0 Å². The molecular weight excluding hydrogens is 427 g/mol. The number of para-hydroxylation sites is 1. The number of benzene rings is 1. The average Bonchev–Trinajstić information content (AvgIpc) is 2.55. The summed E-state index contributed by atoms with van der Waals surface area (Å²) in [5.41, 5.74) is 2.10. The van der Waals surface area contributed by atoms with Gasteiger partial charge in [0.15, 0.2) is 5.96 Å². The minimum atomic E-state index is 0. The lowest BCUT2D eigenvalue weighted by molar-refractivity contribution is -0.116.